The molecular weight excluding hydrogens is 815 g/mol. The standard InChI is InChI=1S/C26H53O4P.C26H51O4P/c2*1-3-5-6-7-8-9-10-12-15-18-21-24-31(28,29)25-22-19-16-13-11-14-17-20-23-26(27)30-4-2/h3-25H2,1-2H3,(H,28,29);3H,1,4-25H2,2H3,(H,28,29). The molecule has 0 saturated heterocycles. The van der Waals surface area contributed by atoms with Gasteiger partial charge in [-0.3, -0.25) is 18.7 Å². The highest BCUT2D eigenvalue weighted by Gasteiger charge is 2.17. The lowest BCUT2D eigenvalue weighted by Crippen LogP contribution is -2.03. The molecule has 0 rings (SSSR count). The Kier molecular flexibility index (Phi) is 50.4. The Morgan fingerprint density at radius 3 is 0.855 bits per heavy atom. The summed E-state index contributed by atoms with van der Waals surface area (Å²) in [6.07, 6.45) is 48.6. The Morgan fingerprint density at radius 1 is 0.387 bits per heavy atom. The number of carbonyl (C=O) groups excluding carboxylic acids is 2. The molecule has 62 heavy (non-hydrogen) atoms. The second kappa shape index (κ2) is 49.5. The zero-order valence-corrected chi connectivity index (χ0v) is 43.1. The highest BCUT2D eigenvalue weighted by Crippen LogP contribution is 2.43. The van der Waals surface area contributed by atoms with Crippen LogP contribution in [0.15, 0.2) is 12.7 Å². The maximum Gasteiger partial charge on any atom is 0.305 e. The molecule has 2 atom stereocenters. The maximum atomic E-state index is 12.3. The van der Waals surface area contributed by atoms with Crippen LogP contribution in [-0.2, 0) is 28.2 Å². The molecule has 0 aromatic rings. The second-order valence-corrected chi connectivity index (χ2v) is 23.3. The lowest BCUT2D eigenvalue weighted by molar-refractivity contribution is -0.144. The van der Waals surface area contributed by atoms with Crippen LogP contribution >= 0.6 is 14.7 Å². The van der Waals surface area contributed by atoms with Crippen LogP contribution in [0.4, 0.5) is 0 Å². The predicted molar refractivity (Wildman–Crippen MR) is 268 cm³/mol. The summed E-state index contributed by atoms with van der Waals surface area (Å²) < 4.78 is 34.4. The molecule has 0 bridgehead atoms. The van der Waals surface area contributed by atoms with Crippen molar-refractivity contribution in [1.29, 1.82) is 0 Å². The SMILES string of the molecule is C=CCCCCCCCCCCCP(=O)(O)CCCCCCCCCCC(=O)OCC.CCCCCCCCCCCCCP(=O)(O)CCCCCCCCCCC(=O)OCC. The normalized spacial score (nSPS) is 13.2. The molecule has 0 radical (unpaired) electrons. The molecule has 0 aromatic heterocycles. The highest BCUT2D eigenvalue weighted by molar-refractivity contribution is 7.58. The Bertz CT molecular complexity index is 1070. The lowest BCUT2D eigenvalue weighted by Gasteiger charge is -2.11. The zero-order chi connectivity index (χ0) is 46.1. The third kappa shape index (κ3) is 53.4. The summed E-state index contributed by atoms with van der Waals surface area (Å²) >= 11 is 0. The van der Waals surface area contributed by atoms with Gasteiger partial charge in [-0.25, -0.2) is 0 Å². The van der Waals surface area contributed by atoms with E-state index >= 15 is 0 Å². The first-order valence-electron chi connectivity index (χ1n) is 26.6. The molecule has 0 spiro atoms. The molecular formula is C52H104O8P2. The van der Waals surface area contributed by atoms with E-state index in [1.54, 1.807) is 0 Å². The molecule has 0 fully saturated rings. The largest absolute Gasteiger partial charge is 0.466 e. The van der Waals surface area contributed by atoms with Gasteiger partial charge < -0.3 is 19.3 Å². The Balaban J connectivity index is 0. The number of rotatable bonds is 48. The van der Waals surface area contributed by atoms with Gasteiger partial charge in [0.05, 0.1) is 13.2 Å². The van der Waals surface area contributed by atoms with Gasteiger partial charge in [-0.15, -0.1) is 6.58 Å². The number of unbranched alkanes of at least 4 members (excludes halogenated alkanes) is 33. The highest BCUT2D eigenvalue weighted by atomic mass is 31.2. The number of esters is 2. The molecule has 0 heterocycles. The van der Waals surface area contributed by atoms with Crippen LogP contribution in [0.1, 0.15) is 271 Å². The third-order valence-corrected chi connectivity index (χ3v) is 16.0. The summed E-state index contributed by atoms with van der Waals surface area (Å²) in [5.74, 6) is -0.162. The van der Waals surface area contributed by atoms with Crippen molar-refractivity contribution < 1.29 is 38.0 Å². The molecule has 8 nitrogen and oxygen atoms in total. The summed E-state index contributed by atoms with van der Waals surface area (Å²) in [7, 11) is -5.81. The van der Waals surface area contributed by atoms with Gasteiger partial charge in [0.25, 0.3) is 0 Å². The molecule has 2 unspecified atom stereocenters. The summed E-state index contributed by atoms with van der Waals surface area (Å²) in [5.41, 5.74) is 0. The topological polar surface area (TPSA) is 127 Å². The maximum absolute atomic E-state index is 12.3. The second-order valence-electron chi connectivity index (χ2n) is 18.1. The molecule has 0 aliphatic rings. The Morgan fingerprint density at radius 2 is 0.613 bits per heavy atom. The Labute approximate surface area is 385 Å². The van der Waals surface area contributed by atoms with E-state index in [-0.39, 0.29) is 11.9 Å². The fraction of sp³-hybridized carbons (Fsp3) is 0.923. The molecule has 0 aliphatic heterocycles. The van der Waals surface area contributed by atoms with Crippen molar-refractivity contribution >= 4 is 26.7 Å². The number of hydrogen-bond acceptors (Lipinski definition) is 6. The van der Waals surface area contributed by atoms with Gasteiger partial charge in [-0.1, -0.05) is 199 Å². The molecule has 370 valence electrons. The minimum absolute atomic E-state index is 0.0795. The van der Waals surface area contributed by atoms with Crippen LogP contribution in [0.2, 0.25) is 0 Å². The van der Waals surface area contributed by atoms with E-state index in [4.69, 9.17) is 9.47 Å². The number of hydrogen-bond donors (Lipinski definition) is 2. The first-order chi connectivity index (χ1) is 30.0. The quantitative estimate of drug-likeness (QED) is 0.0267. The van der Waals surface area contributed by atoms with Gasteiger partial charge in [0.15, 0.2) is 0 Å². The molecule has 2 N–H and O–H groups in total. The smallest absolute Gasteiger partial charge is 0.305 e. The van der Waals surface area contributed by atoms with Gasteiger partial charge in [0, 0.05) is 37.5 Å². The van der Waals surface area contributed by atoms with E-state index < -0.39 is 14.7 Å². The van der Waals surface area contributed by atoms with E-state index in [9.17, 15) is 28.5 Å². The van der Waals surface area contributed by atoms with Crippen LogP contribution in [-0.4, -0.2) is 59.6 Å². The van der Waals surface area contributed by atoms with E-state index in [1.165, 1.54) is 128 Å². The monoisotopic (exact) mass is 919 g/mol. The van der Waals surface area contributed by atoms with Crippen molar-refractivity contribution in [3.63, 3.8) is 0 Å². The summed E-state index contributed by atoms with van der Waals surface area (Å²) in [6.45, 7) is 10.6. The van der Waals surface area contributed by atoms with Crippen molar-refractivity contribution in [2.24, 2.45) is 0 Å². The van der Waals surface area contributed by atoms with E-state index in [2.05, 4.69) is 13.5 Å². The van der Waals surface area contributed by atoms with Crippen molar-refractivity contribution in [3.05, 3.63) is 12.7 Å². The molecule has 0 saturated carbocycles. The average Bonchev–Trinajstić information content (AvgIpc) is 3.23. The summed E-state index contributed by atoms with van der Waals surface area (Å²) in [6, 6.07) is 0. The fourth-order valence-corrected chi connectivity index (χ4v) is 11.3. The van der Waals surface area contributed by atoms with Crippen molar-refractivity contribution in [1.82, 2.24) is 0 Å². The van der Waals surface area contributed by atoms with Crippen LogP contribution < -0.4 is 0 Å². The number of ether oxygens (including phenoxy) is 2. The first kappa shape index (κ1) is 63.1. The average molecular weight is 919 g/mol. The van der Waals surface area contributed by atoms with E-state index in [0.717, 1.165) is 109 Å². The lowest BCUT2D eigenvalue weighted by atomic mass is 10.1. The first-order valence-corrected chi connectivity index (χ1v) is 30.6. The zero-order valence-electron chi connectivity index (χ0n) is 41.3. The minimum Gasteiger partial charge on any atom is -0.466 e. The van der Waals surface area contributed by atoms with Crippen molar-refractivity contribution in [2.45, 2.75) is 271 Å². The van der Waals surface area contributed by atoms with Crippen molar-refractivity contribution in [2.75, 3.05) is 37.9 Å². The molecule has 0 aliphatic carbocycles. The van der Waals surface area contributed by atoms with Gasteiger partial charge in [0.1, 0.15) is 0 Å². The predicted octanol–water partition coefficient (Wildman–Crippen LogP) is 17.1. The van der Waals surface area contributed by atoms with Crippen molar-refractivity contribution in [3.8, 4) is 0 Å². The number of allylic oxidation sites excluding steroid dienone is 1. The van der Waals surface area contributed by atoms with Crippen LogP contribution in [0, 0.1) is 0 Å². The molecule has 10 heteroatoms. The summed E-state index contributed by atoms with van der Waals surface area (Å²) in [5, 5.41) is 0. The van der Waals surface area contributed by atoms with Gasteiger partial charge in [-0.2, -0.15) is 0 Å². The third-order valence-electron chi connectivity index (χ3n) is 11.9. The molecule has 0 amide bonds. The van der Waals surface area contributed by atoms with Gasteiger partial charge in [-0.05, 0) is 65.2 Å². The van der Waals surface area contributed by atoms with Crippen LogP contribution in [0.3, 0.4) is 0 Å². The minimum atomic E-state index is -2.91. The fourth-order valence-electron chi connectivity index (χ4n) is 7.98. The van der Waals surface area contributed by atoms with Gasteiger partial charge >= 0.3 is 11.9 Å². The molecule has 0 aromatic carbocycles. The summed E-state index contributed by atoms with van der Waals surface area (Å²) in [4.78, 5) is 42.8. The Hall–Kier alpha value is -0.940. The van der Waals surface area contributed by atoms with Crippen LogP contribution in [0.5, 0.6) is 0 Å². The van der Waals surface area contributed by atoms with E-state index in [1.807, 2.05) is 19.9 Å². The van der Waals surface area contributed by atoms with Crippen LogP contribution in [0.25, 0.3) is 0 Å². The van der Waals surface area contributed by atoms with Gasteiger partial charge in [0.2, 0.25) is 14.7 Å². The van der Waals surface area contributed by atoms with E-state index in [0.29, 0.717) is 50.7 Å². The number of carbonyl (C=O) groups is 2.